The molecule has 180 valence electrons. The maximum Gasteiger partial charge on any atom is 0.281 e. The number of rotatable bonds is 9. The summed E-state index contributed by atoms with van der Waals surface area (Å²) in [6, 6.07) is 7.81. The molecule has 2 aromatic heterocycles. The lowest BCUT2D eigenvalue weighted by molar-refractivity contribution is 0.0981. The fourth-order valence-electron chi connectivity index (χ4n) is 4.29. The van der Waals surface area contributed by atoms with E-state index in [0.717, 1.165) is 19.4 Å². The van der Waals surface area contributed by atoms with Crippen molar-refractivity contribution in [3.63, 3.8) is 0 Å². The zero-order valence-corrected chi connectivity index (χ0v) is 20.6. The van der Waals surface area contributed by atoms with Gasteiger partial charge in [-0.1, -0.05) is 19.9 Å². The quantitative estimate of drug-likeness (QED) is 0.569. The Balaban J connectivity index is 1.83. The molecule has 2 unspecified atom stereocenters. The summed E-state index contributed by atoms with van der Waals surface area (Å²) < 4.78 is 33.3. The first-order valence-electron chi connectivity index (χ1n) is 11.1. The van der Waals surface area contributed by atoms with Crippen LogP contribution in [0.1, 0.15) is 50.9 Å². The molecule has 3 heterocycles. The molecule has 0 spiro atoms. The second kappa shape index (κ2) is 10.0. The van der Waals surface area contributed by atoms with Gasteiger partial charge in [-0.05, 0) is 56.9 Å². The molecule has 3 rings (SSSR count). The van der Waals surface area contributed by atoms with Crippen molar-refractivity contribution in [1.29, 1.82) is 0 Å². The third kappa shape index (κ3) is 5.80. The Morgan fingerprint density at radius 2 is 2.06 bits per heavy atom. The number of pyridine rings is 2. The predicted molar refractivity (Wildman–Crippen MR) is 128 cm³/mol. The molecule has 2 aromatic rings. The van der Waals surface area contributed by atoms with Crippen molar-refractivity contribution in [2.24, 2.45) is 5.92 Å². The molecule has 9 nitrogen and oxygen atoms in total. The van der Waals surface area contributed by atoms with Gasteiger partial charge < -0.3 is 15.0 Å². The Morgan fingerprint density at radius 1 is 1.30 bits per heavy atom. The first kappa shape index (κ1) is 24.9. The maximum absolute atomic E-state index is 13.1. The van der Waals surface area contributed by atoms with E-state index < -0.39 is 15.9 Å². The summed E-state index contributed by atoms with van der Waals surface area (Å²) in [5.74, 6) is 0.572. The van der Waals surface area contributed by atoms with E-state index in [1.54, 1.807) is 37.6 Å². The maximum atomic E-state index is 13.1. The first-order chi connectivity index (χ1) is 15.6. The van der Waals surface area contributed by atoms with E-state index >= 15 is 0 Å². The number of hydrogen-bond donors (Lipinski definition) is 2. The minimum atomic E-state index is -4.19. The first-order valence-corrected chi connectivity index (χ1v) is 12.6. The van der Waals surface area contributed by atoms with Gasteiger partial charge in [-0.3, -0.25) is 4.79 Å². The van der Waals surface area contributed by atoms with Crippen LogP contribution in [0.2, 0.25) is 0 Å². The number of nitrogens with zero attached hydrogens (tertiary/aromatic N) is 3. The van der Waals surface area contributed by atoms with Crippen LogP contribution in [0.3, 0.4) is 0 Å². The van der Waals surface area contributed by atoms with E-state index in [1.807, 2.05) is 6.92 Å². The Bertz CT molecular complexity index is 1090. The zero-order chi connectivity index (χ0) is 24.2. The molecular weight excluding hydrogens is 442 g/mol. The molecule has 0 saturated carbocycles. The van der Waals surface area contributed by atoms with Gasteiger partial charge in [0.15, 0.2) is 5.03 Å². The van der Waals surface area contributed by atoms with Crippen LogP contribution in [0.25, 0.3) is 0 Å². The topological polar surface area (TPSA) is 114 Å². The van der Waals surface area contributed by atoms with Gasteiger partial charge in [-0.2, -0.15) is 8.42 Å². The number of anilines is 2. The minimum absolute atomic E-state index is 0.0146. The van der Waals surface area contributed by atoms with Crippen molar-refractivity contribution in [2.75, 3.05) is 30.5 Å². The lowest BCUT2D eigenvalue weighted by atomic mass is 9.97. The summed E-state index contributed by atoms with van der Waals surface area (Å²) in [6.07, 6.45) is 3.34. The van der Waals surface area contributed by atoms with Crippen molar-refractivity contribution in [1.82, 2.24) is 14.7 Å². The van der Waals surface area contributed by atoms with Gasteiger partial charge in [0.05, 0.1) is 18.2 Å². The number of aromatic nitrogens is 2. The molecule has 0 aliphatic carbocycles. The van der Waals surface area contributed by atoms with Gasteiger partial charge in [-0.25, -0.2) is 14.7 Å². The van der Waals surface area contributed by atoms with Crippen molar-refractivity contribution in [2.45, 2.75) is 57.1 Å². The van der Waals surface area contributed by atoms with Gasteiger partial charge in [-0.15, -0.1) is 0 Å². The Kier molecular flexibility index (Phi) is 7.58. The highest BCUT2D eigenvalue weighted by Gasteiger charge is 2.39. The lowest BCUT2D eigenvalue weighted by Gasteiger charge is -2.33. The average Bonchev–Trinajstić information content (AvgIpc) is 3.05. The van der Waals surface area contributed by atoms with Gasteiger partial charge in [0.2, 0.25) is 0 Å². The summed E-state index contributed by atoms with van der Waals surface area (Å²) in [7, 11) is -2.59. The molecule has 0 radical (unpaired) electrons. The third-order valence-corrected chi connectivity index (χ3v) is 7.03. The van der Waals surface area contributed by atoms with Crippen LogP contribution >= 0.6 is 0 Å². The normalized spacial score (nSPS) is 18.7. The van der Waals surface area contributed by atoms with E-state index in [2.05, 4.69) is 45.7 Å². The van der Waals surface area contributed by atoms with Crippen LogP contribution in [0.5, 0.6) is 0 Å². The van der Waals surface area contributed by atoms with E-state index in [-0.39, 0.29) is 22.2 Å². The number of carbonyl (C=O) groups excluding carboxylic acids is 1. The molecule has 1 amide bonds. The smallest absolute Gasteiger partial charge is 0.281 e. The molecule has 1 fully saturated rings. The van der Waals surface area contributed by atoms with Crippen molar-refractivity contribution in [3.8, 4) is 0 Å². The second-order valence-electron chi connectivity index (χ2n) is 9.11. The molecule has 10 heteroatoms. The van der Waals surface area contributed by atoms with Crippen LogP contribution in [-0.4, -0.2) is 56.1 Å². The van der Waals surface area contributed by atoms with Crippen molar-refractivity contribution >= 4 is 27.6 Å². The van der Waals surface area contributed by atoms with E-state index in [1.165, 1.54) is 6.07 Å². The summed E-state index contributed by atoms with van der Waals surface area (Å²) in [5, 5.41) is 2.91. The summed E-state index contributed by atoms with van der Waals surface area (Å²) in [5.41, 5.74) is 0.0185. The van der Waals surface area contributed by atoms with Gasteiger partial charge in [0.1, 0.15) is 11.6 Å². The highest BCUT2D eigenvalue weighted by molar-refractivity contribution is 7.90. The van der Waals surface area contributed by atoms with Crippen molar-refractivity contribution in [3.05, 3.63) is 42.1 Å². The molecule has 1 saturated heterocycles. The molecule has 2 N–H and O–H groups in total. The minimum Gasteiger partial charge on any atom is -0.383 e. The number of methoxy groups -OCH3 is 1. The summed E-state index contributed by atoms with van der Waals surface area (Å²) in [6.45, 7) is 9.54. The fourth-order valence-corrected chi connectivity index (χ4v) is 5.23. The number of hydrogen-bond acceptors (Lipinski definition) is 8. The van der Waals surface area contributed by atoms with Gasteiger partial charge >= 0.3 is 0 Å². The zero-order valence-electron chi connectivity index (χ0n) is 19.8. The van der Waals surface area contributed by atoms with Crippen LogP contribution in [-0.2, 0) is 14.8 Å². The van der Waals surface area contributed by atoms with E-state index in [4.69, 9.17) is 4.74 Å². The van der Waals surface area contributed by atoms with Gasteiger partial charge in [0, 0.05) is 25.4 Å². The third-order valence-electron chi connectivity index (χ3n) is 5.80. The Morgan fingerprint density at radius 3 is 2.70 bits per heavy atom. The highest BCUT2D eigenvalue weighted by Crippen LogP contribution is 2.37. The SMILES string of the molecule is CCC(COC)Nc1cccc(S(=O)(=O)NC(=O)c2cccnc2N2CC(C)CC2(C)C)n1. The van der Waals surface area contributed by atoms with Crippen LogP contribution in [0.15, 0.2) is 41.6 Å². The summed E-state index contributed by atoms with van der Waals surface area (Å²) in [4.78, 5) is 23.8. The Hall–Kier alpha value is -2.72. The molecule has 1 aliphatic rings. The van der Waals surface area contributed by atoms with Gasteiger partial charge in [0.25, 0.3) is 15.9 Å². The highest BCUT2D eigenvalue weighted by atomic mass is 32.2. The van der Waals surface area contributed by atoms with Crippen LogP contribution in [0.4, 0.5) is 11.6 Å². The average molecular weight is 476 g/mol. The standard InChI is InChI=1S/C23H33N5O4S/c1-6-17(15-32-5)25-19-10-7-11-20(26-19)33(30,31)27-22(29)18-9-8-12-24-21(18)28-14-16(2)13-23(28,3)4/h7-12,16-17H,6,13-15H2,1-5H3,(H,25,26)(H,27,29). The monoisotopic (exact) mass is 475 g/mol. The summed E-state index contributed by atoms with van der Waals surface area (Å²) >= 11 is 0. The number of amides is 1. The fraction of sp³-hybridized carbons (Fsp3) is 0.522. The predicted octanol–water partition coefficient (Wildman–Crippen LogP) is 3.06. The number of sulfonamides is 1. The van der Waals surface area contributed by atoms with E-state index in [0.29, 0.717) is 24.2 Å². The van der Waals surface area contributed by atoms with Crippen LogP contribution < -0.4 is 14.9 Å². The van der Waals surface area contributed by atoms with E-state index in [9.17, 15) is 13.2 Å². The molecule has 2 atom stereocenters. The second-order valence-corrected chi connectivity index (χ2v) is 10.7. The van der Waals surface area contributed by atoms with Crippen molar-refractivity contribution < 1.29 is 17.9 Å². The molecule has 0 aromatic carbocycles. The number of carbonyl (C=O) groups is 1. The lowest BCUT2D eigenvalue weighted by Crippen LogP contribution is -2.41. The number of ether oxygens (including phenoxy) is 1. The van der Waals surface area contributed by atoms with Crippen LogP contribution in [0, 0.1) is 5.92 Å². The molecule has 1 aliphatic heterocycles. The molecular formula is C23H33N5O4S. The molecule has 33 heavy (non-hydrogen) atoms. The number of nitrogens with one attached hydrogen (secondary N) is 2. The molecule has 0 bridgehead atoms. The largest absolute Gasteiger partial charge is 0.383 e. The Labute approximate surface area is 196 Å².